The maximum absolute atomic E-state index is 13.0. The molecule has 1 aliphatic heterocycles. The van der Waals surface area contributed by atoms with Crippen molar-refractivity contribution in [3.05, 3.63) is 48.0 Å². The van der Waals surface area contributed by atoms with Gasteiger partial charge in [-0.25, -0.2) is 8.42 Å². The third-order valence-electron chi connectivity index (χ3n) is 4.83. The smallest absolute Gasteiger partial charge is 0.262 e. The first-order valence-corrected chi connectivity index (χ1v) is 11.0. The first-order chi connectivity index (χ1) is 13.9. The van der Waals surface area contributed by atoms with Gasteiger partial charge in [-0.15, -0.1) is 0 Å². The number of piperidine rings is 1. The van der Waals surface area contributed by atoms with E-state index in [1.807, 2.05) is 6.07 Å². The Morgan fingerprint density at radius 2 is 1.76 bits per heavy atom. The van der Waals surface area contributed by atoms with Gasteiger partial charge in [0.05, 0.1) is 12.0 Å². The molecule has 0 aliphatic carbocycles. The molecule has 2 aromatic carbocycles. The summed E-state index contributed by atoms with van der Waals surface area (Å²) < 4.78 is 38.2. The van der Waals surface area contributed by atoms with E-state index in [4.69, 9.17) is 9.47 Å². The number of sulfonamides is 1. The zero-order chi connectivity index (χ0) is 20.9. The molecule has 0 atom stereocenters. The van der Waals surface area contributed by atoms with E-state index in [9.17, 15) is 13.2 Å². The van der Waals surface area contributed by atoms with E-state index in [1.165, 1.54) is 17.5 Å². The number of anilines is 1. The second kappa shape index (κ2) is 9.28. The van der Waals surface area contributed by atoms with Crippen LogP contribution >= 0.6 is 0 Å². The number of benzene rings is 2. The molecule has 1 saturated heterocycles. The lowest BCUT2D eigenvalue weighted by Crippen LogP contribution is -2.36. The Labute approximate surface area is 171 Å². The van der Waals surface area contributed by atoms with Crippen molar-refractivity contribution in [1.29, 1.82) is 0 Å². The van der Waals surface area contributed by atoms with E-state index >= 15 is 0 Å². The summed E-state index contributed by atoms with van der Waals surface area (Å²) in [6.07, 6.45) is 2.79. The fraction of sp³-hybridized carbons (Fsp3) is 0.381. The molecule has 0 aromatic heterocycles. The van der Waals surface area contributed by atoms with Crippen LogP contribution in [-0.2, 0) is 14.8 Å². The topological polar surface area (TPSA) is 84.9 Å². The van der Waals surface area contributed by atoms with Crippen LogP contribution in [0.4, 0.5) is 5.69 Å². The largest absolute Gasteiger partial charge is 0.493 e. The minimum absolute atomic E-state index is 0.220. The average molecular weight is 419 g/mol. The van der Waals surface area contributed by atoms with Crippen LogP contribution in [-0.4, -0.2) is 45.4 Å². The molecular weight excluding hydrogens is 392 g/mol. The summed E-state index contributed by atoms with van der Waals surface area (Å²) in [5.41, 5.74) is 1.07. The minimum Gasteiger partial charge on any atom is -0.493 e. The molecule has 0 saturated carbocycles. The number of nitrogens with zero attached hydrogens (tertiary/aromatic N) is 1. The van der Waals surface area contributed by atoms with Gasteiger partial charge in [-0.05, 0) is 49.6 Å². The van der Waals surface area contributed by atoms with Crippen molar-refractivity contribution >= 4 is 21.6 Å². The number of hydrogen-bond donors (Lipinski definition) is 1. The van der Waals surface area contributed by atoms with E-state index in [1.54, 1.807) is 37.3 Å². The number of rotatable bonds is 7. The maximum atomic E-state index is 13.0. The van der Waals surface area contributed by atoms with Crippen LogP contribution in [0.3, 0.4) is 0 Å². The minimum atomic E-state index is -3.58. The van der Waals surface area contributed by atoms with Gasteiger partial charge in [0.1, 0.15) is 0 Å². The van der Waals surface area contributed by atoms with Crippen molar-refractivity contribution < 1.29 is 22.7 Å². The maximum Gasteiger partial charge on any atom is 0.262 e. The lowest BCUT2D eigenvalue weighted by molar-refractivity contribution is -0.118. The number of nitrogens with one attached hydrogen (secondary N) is 1. The van der Waals surface area contributed by atoms with Gasteiger partial charge < -0.3 is 14.8 Å². The van der Waals surface area contributed by atoms with Crippen LogP contribution in [0.5, 0.6) is 11.5 Å². The lowest BCUT2D eigenvalue weighted by atomic mass is 10.2. The first kappa shape index (κ1) is 21.1. The summed E-state index contributed by atoms with van der Waals surface area (Å²) in [7, 11) is -2.05. The SMILES string of the molecule is COc1ccccc1OCC(=O)Nc1ccc(C)c(S(=O)(=O)N2CCCCC2)c1. The standard InChI is InChI=1S/C21H26N2O5S/c1-16-10-11-17(14-20(16)29(25,26)23-12-6-3-7-13-23)22-21(24)15-28-19-9-5-4-8-18(19)27-2/h4-5,8-11,14H,3,6-7,12-13,15H2,1-2H3,(H,22,24). The zero-order valence-electron chi connectivity index (χ0n) is 16.7. The van der Waals surface area contributed by atoms with Crippen molar-refractivity contribution in [2.75, 3.05) is 32.1 Å². The Kier molecular flexibility index (Phi) is 6.76. The van der Waals surface area contributed by atoms with Crippen LogP contribution in [0.2, 0.25) is 0 Å². The van der Waals surface area contributed by atoms with Crippen LogP contribution < -0.4 is 14.8 Å². The summed E-state index contributed by atoms with van der Waals surface area (Å²) in [4.78, 5) is 12.5. The normalized spacial score (nSPS) is 15.0. The Morgan fingerprint density at radius 1 is 1.07 bits per heavy atom. The van der Waals surface area contributed by atoms with Crippen molar-refractivity contribution in [2.45, 2.75) is 31.1 Å². The van der Waals surface area contributed by atoms with E-state index in [-0.39, 0.29) is 17.4 Å². The summed E-state index contributed by atoms with van der Waals surface area (Å²) in [5, 5.41) is 2.70. The number of ether oxygens (including phenoxy) is 2. The van der Waals surface area contributed by atoms with Crippen molar-refractivity contribution in [1.82, 2.24) is 4.31 Å². The quantitative estimate of drug-likeness (QED) is 0.746. The number of para-hydroxylation sites is 2. The third-order valence-corrected chi connectivity index (χ3v) is 6.87. The molecule has 0 radical (unpaired) electrons. The van der Waals surface area contributed by atoms with Gasteiger partial charge in [0.2, 0.25) is 10.0 Å². The summed E-state index contributed by atoms with van der Waals surface area (Å²) in [6, 6.07) is 11.9. The van der Waals surface area contributed by atoms with Gasteiger partial charge in [-0.2, -0.15) is 4.31 Å². The molecule has 29 heavy (non-hydrogen) atoms. The van der Waals surface area contributed by atoms with Crippen molar-refractivity contribution in [3.63, 3.8) is 0 Å². The van der Waals surface area contributed by atoms with Gasteiger partial charge in [0.25, 0.3) is 5.91 Å². The van der Waals surface area contributed by atoms with Crippen LogP contribution in [0.25, 0.3) is 0 Å². The fourth-order valence-electron chi connectivity index (χ4n) is 3.28. The molecule has 0 unspecified atom stereocenters. The second-order valence-corrected chi connectivity index (χ2v) is 8.84. The average Bonchev–Trinajstić information content (AvgIpc) is 2.74. The zero-order valence-corrected chi connectivity index (χ0v) is 17.5. The predicted molar refractivity (Wildman–Crippen MR) is 111 cm³/mol. The molecule has 1 heterocycles. The molecule has 2 aromatic rings. The highest BCUT2D eigenvalue weighted by Crippen LogP contribution is 2.27. The number of aryl methyl sites for hydroxylation is 1. The molecule has 1 amide bonds. The number of amides is 1. The number of carbonyl (C=O) groups is 1. The molecule has 156 valence electrons. The molecule has 1 fully saturated rings. The molecule has 0 bridgehead atoms. The summed E-state index contributed by atoms with van der Waals surface area (Å²) in [6.45, 7) is 2.60. The molecule has 8 heteroatoms. The van der Waals surface area contributed by atoms with Crippen LogP contribution in [0.15, 0.2) is 47.4 Å². The molecule has 3 rings (SSSR count). The predicted octanol–water partition coefficient (Wildman–Crippen LogP) is 3.20. The van der Waals surface area contributed by atoms with E-state index in [0.29, 0.717) is 35.8 Å². The summed E-state index contributed by atoms with van der Waals surface area (Å²) in [5.74, 6) is 0.606. The fourth-order valence-corrected chi connectivity index (χ4v) is 5.05. The van der Waals surface area contributed by atoms with Crippen molar-refractivity contribution in [3.8, 4) is 11.5 Å². The van der Waals surface area contributed by atoms with Gasteiger partial charge in [-0.3, -0.25) is 4.79 Å². The van der Waals surface area contributed by atoms with Gasteiger partial charge >= 0.3 is 0 Å². The van der Waals surface area contributed by atoms with E-state index < -0.39 is 10.0 Å². The third kappa shape index (κ3) is 5.07. The Hall–Kier alpha value is -2.58. The monoisotopic (exact) mass is 418 g/mol. The van der Waals surface area contributed by atoms with Gasteiger partial charge in [-0.1, -0.05) is 24.6 Å². The number of hydrogen-bond acceptors (Lipinski definition) is 5. The Morgan fingerprint density at radius 3 is 2.45 bits per heavy atom. The highest BCUT2D eigenvalue weighted by atomic mass is 32.2. The van der Waals surface area contributed by atoms with Crippen LogP contribution in [0, 0.1) is 6.92 Å². The van der Waals surface area contributed by atoms with Crippen molar-refractivity contribution in [2.24, 2.45) is 0 Å². The Balaban J connectivity index is 1.70. The van der Waals surface area contributed by atoms with Gasteiger partial charge in [0.15, 0.2) is 18.1 Å². The highest BCUT2D eigenvalue weighted by Gasteiger charge is 2.27. The Bertz CT molecular complexity index is 969. The molecule has 1 aliphatic rings. The van der Waals surface area contributed by atoms with E-state index in [2.05, 4.69) is 5.32 Å². The van der Waals surface area contributed by atoms with Gasteiger partial charge in [0, 0.05) is 18.8 Å². The summed E-state index contributed by atoms with van der Waals surface area (Å²) >= 11 is 0. The van der Waals surface area contributed by atoms with Crippen LogP contribution in [0.1, 0.15) is 24.8 Å². The number of carbonyl (C=O) groups excluding carboxylic acids is 1. The molecule has 7 nitrogen and oxygen atoms in total. The first-order valence-electron chi connectivity index (χ1n) is 9.58. The lowest BCUT2D eigenvalue weighted by Gasteiger charge is -2.26. The molecular formula is C21H26N2O5S. The molecule has 1 N–H and O–H groups in total. The highest BCUT2D eigenvalue weighted by molar-refractivity contribution is 7.89. The second-order valence-electron chi connectivity index (χ2n) is 6.93. The molecule has 0 spiro atoms. The number of methoxy groups -OCH3 is 1. The van der Waals surface area contributed by atoms with E-state index in [0.717, 1.165) is 19.3 Å².